The minimum absolute atomic E-state index is 0.186. The summed E-state index contributed by atoms with van der Waals surface area (Å²) in [5, 5.41) is 10.9. The zero-order valence-corrected chi connectivity index (χ0v) is 14.0. The summed E-state index contributed by atoms with van der Waals surface area (Å²) in [4.78, 5) is 28.5. The van der Waals surface area contributed by atoms with Gasteiger partial charge in [-0.1, -0.05) is 30.3 Å². The molecule has 1 N–H and O–H groups in total. The van der Waals surface area contributed by atoms with Crippen LogP contribution in [0.2, 0.25) is 0 Å². The number of nitrogens with zero attached hydrogens (tertiary/aromatic N) is 2. The first-order valence-corrected chi connectivity index (χ1v) is 7.88. The predicted octanol–water partition coefficient (Wildman–Crippen LogP) is 2.44. The Morgan fingerprint density at radius 3 is 2.64 bits per heavy atom. The summed E-state index contributed by atoms with van der Waals surface area (Å²) in [6, 6.07) is 11.5. The second-order valence-electron chi connectivity index (χ2n) is 5.72. The highest BCUT2D eigenvalue weighted by atomic mass is 16.5. The van der Waals surface area contributed by atoms with E-state index in [1.54, 1.807) is 23.8 Å². The summed E-state index contributed by atoms with van der Waals surface area (Å²) >= 11 is 0. The number of aromatic nitrogens is 2. The number of aromatic hydroxyl groups is 1. The van der Waals surface area contributed by atoms with Gasteiger partial charge < -0.3 is 14.4 Å². The van der Waals surface area contributed by atoms with Gasteiger partial charge in [0.1, 0.15) is 0 Å². The van der Waals surface area contributed by atoms with Gasteiger partial charge in [-0.2, -0.15) is 0 Å². The number of carbonyl (C=O) groups is 1. The molecule has 0 unspecified atom stereocenters. The summed E-state index contributed by atoms with van der Waals surface area (Å²) in [7, 11) is 1.21. The third-order valence-corrected chi connectivity index (χ3v) is 4.15. The van der Waals surface area contributed by atoms with Gasteiger partial charge in [0, 0.05) is 18.1 Å². The number of ether oxygens (including phenoxy) is 1. The van der Waals surface area contributed by atoms with Gasteiger partial charge in [0.25, 0.3) is 5.56 Å². The molecule has 0 aliphatic heterocycles. The standard InChI is InChI=1S/C19H18N2O4/c1-12-15-14(17(22)16(20-12)19(24)25-2)9-11-21(18(15)23)10-8-13-6-4-3-5-7-13/h3-7,9,11,22H,8,10H2,1-2H3. The van der Waals surface area contributed by atoms with Gasteiger partial charge in [-0.3, -0.25) is 4.79 Å². The maximum atomic E-state index is 12.8. The Hall–Kier alpha value is -3.15. The molecule has 3 aromatic rings. The molecule has 0 aliphatic carbocycles. The molecule has 0 saturated carbocycles. The molecule has 2 heterocycles. The smallest absolute Gasteiger partial charge is 0.360 e. The number of fused-ring (bicyclic) bond motifs is 1. The Balaban J connectivity index is 2.04. The van der Waals surface area contributed by atoms with Crippen LogP contribution in [-0.4, -0.2) is 27.7 Å². The number of esters is 1. The van der Waals surface area contributed by atoms with Gasteiger partial charge in [0.15, 0.2) is 11.4 Å². The van der Waals surface area contributed by atoms with Crippen LogP contribution in [0.15, 0.2) is 47.4 Å². The second-order valence-corrected chi connectivity index (χ2v) is 5.72. The van der Waals surface area contributed by atoms with Crippen LogP contribution in [0.3, 0.4) is 0 Å². The lowest BCUT2D eigenvalue weighted by Crippen LogP contribution is -2.22. The quantitative estimate of drug-likeness (QED) is 0.739. The number of carbonyl (C=O) groups excluding carboxylic acids is 1. The van der Waals surface area contributed by atoms with Crippen molar-refractivity contribution >= 4 is 16.7 Å². The number of aryl methyl sites for hydroxylation is 3. The minimum Gasteiger partial charge on any atom is -0.505 e. The maximum Gasteiger partial charge on any atom is 0.360 e. The van der Waals surface area contributed by atoms with Crippen LogP contribution in [0.5, 0.6) is 5.75 Å². The van der Waals surface area contributed by atoms with Crippen LogP contribution in [0.25, 0.3) is 10.8 Å². The van der Waals surface area contributed by atoms with E-state index in [1.807, 2.05) is 30.3 Å². The Kier molecular flexibility index (Phi) is 4.52. The molecule has 0 spiro atoms. The molecular weight excluding hydrogens is 320 g/mol. The van der Waals surface area contributed by atoms with Crippen molar-refractivity contribution in [2.75, 3.05) is 7.11 Å². The zero-order chi connectivity index (χ0) is 18.0. The predicted molar refractivity (Wildman–Crippen MR) is 93.9 cm³/mol. The van der Waals surface area contributed by atoms with E-state index in [4.69, 9.17) is 0 Å². The van der Waals surface area contributed by atoms with Crippen molar-refractivity contribution < 1.29 is 14.6 Å². The van der Waals surface area contributed by atoms with Gasteiger partial charge in [-0.25, -0.2) is 9.78 Å². The molecule has 0 amide bonds. The lowest BCUT2D eigenvalue weighted by Gasteiger charge is -2.11. The van der Waals surface area contributed by atoms with Crippen molar-refractivity contribution in [3.63, 3.8) is 0 Å². The molecule has 0 radical (unpaired) electrons. The average molecular weight is 338 g/mol. The van der Waals surface area contributed by atoms with E-state index in [0.29, 0.717) is 29.4 Å². The summed E-state index contributed by atoms with van der Waals surface area (Å²) in [5.74, 6) is -1.07. The molecule has 1 aromatic carbocycles. The van der Waals surface area contributed by atoms with Crippen molar-refractivity contribution in [2.45, 2.75) is 19.9 Å². The molecule has 3 rings (SSSR count). The van der Waals surface area contributed by atoms with E-state index in [9.17, 15) is 14.7 Å². The summed E-state index contributed by atoms with van der Waals surface area (Å²) in [6.07, 6.45) is 2.33. The fourth-order valence-electron chi connectivity index (χ4n) is 2.83. The van der Waals surface area contributed by atoms with Gasteiger partial charge in [-0.05, 0) is 25.0 Å². The SMILES string of the molecule is COC(=O)c1nc(C)c2c(=O)n(CCc3ccccc3)ccc2c1O. The first-order chi connectivity index (χ1) is 12.0. The van der Waals surface area contributed by atoms with Crippen LogP contribution < -0.4 is 5.56 Å². The molecular formula is C19H18N2O4. The van der Waals surface area contributed by atoms with Crippen LogP contribution in [0.4, 0.5) is 0 Å². The highest BCUT2D eigenvalue weighted by Gasteiger charge is 2.20. The number of methoxy groups -OCH3 is 1. The topological polar surface area (TPSA) is 81.4 Å². The third kappa shape index (κ3) is 3.10. The Labute approximate surface area is 144 Å². The Morgan fingerprint density at radius 2 is 1.96 bits per heavy atom. The van der Waals surface area contributed by atoms with Crippen molar-refractivity contribution in [3.05, 3.63) is 69.9 Å². The van der Waals surface area contributed by atoms with Crippen molar-refractivity contribution in [2.24, 2.45) is 0 Å². The molecule has 2 aromatic heterocycles. The normalized spacial score (nSPS) is 10.8. The number of hydrogen-bond acceptors (Lipinski definition) is 5. The third-order valence-electron chi connectivity index (χ3n) is 4.15. The molecule has 6 heteroatoms. The lowest BCUT2D eigenvalue weighted by molar-refractivity contribution is 0.0590. The molecule has 0 fully saturated rings. The molecule has 0 saturated heterocycles. The maximum absolute atomic E-state index is 12.8. The van der Waals surface area contributed by atoms with E-state index < -0.39 is 5.97 Å². The van der Waals surface area contributed by atoms with Crippen molar-refractivity contribution in [3.8, 4) is 5.75 Å². The summed E-state index contributed by atoms with van der Waals surface area (Å²) in [6.45, 7) is 2.15. The van der Waals surface area contributed by atoms with Crippen LogP contribution in [0.1, 0.15) is 21.7 Å². The lowest BCUT2D eigenvalue weighted by atomic mass is 10.1. The number of pyridine rings is 2. The Morgan fingerprint density at radius 1 is 1.24 bits per heavy atom. The summed E-state index contributed by atoms with van der Waals surface area (Å²) < 4.78 is 6.20. The van der Waals surface area contributed by atoms with E-state index in [-0.39, 0.29) is 17.0 Å². The van der Waals surface area contributed by atoms with Gasteiger partial charge in [0.2, 0.25) is 0 Å². The summed E-state index contributed by atoms with van der Waals surface area (Å²) in [5.41, 5.74) is 1.08. The number of hydrogen-bond donors (Lipinski definition) is 1. The largest absolute Gasteiger partial charge is 0.505 e. The zero-order valence-electron chi connectivity index (χ0n) is 14.0. The molecule has 128 valence electrons. The fraction of sp³-hybridized carbons (Fsp3) is 0.211. The molecule has 6 nitrogen and oxygen atoms in total. The molecule has 0 aliphatic rings. The monoisotopic (exact) mass is 338 g/mol. The van der Waals surface area contributed by atoms with Gasteiger partial charge in [0.05, 0.1) is 18.2 Å². The van der Waals surface area contributed by atoms with Crippen LogP contribution in [-0.2, 0) is 17.7 Å². The average Bonchev–Trinajstić information content (AvgIpc) is 2.63. The van der Waals surface area contributed by atoms with Crippen molar-refractivity contribution in [1.29, 1.82) is 0 Å². The van der Waals surface area contributed by atoms with Crippen molar-refractivity contribution in [1.82, 2.24) is 9.55 Å². The van der Waals surface area contributed by atoms with Crippen LogP contribution >= 0.6 is 0 Å². The van der Waals surface area contributed by atoms with Gasteiger partial charge in [-0.15, -0.1) is 0 Å². The molecule has 25 heavy (non-hydrogen) atoms. The number of benzene rings is 1. The second kappa shape index (κ2) is 6.76. The highest BCUT2D eigenvalue weighted by Crippen LogP contribution is 2.27. The minimum atomic E-state index is -0.740. The Bertz CT molecular complexity index is 994. The molecule has 0 bridgehead atoms. The van der Waals surface area contributed by atoms with E-state index >= 15 is 0 Å². The number of rotatable bonds is 4. The van der Waals surface area contributed by atoms with E-state index in [0.717, 1.165) is 5.56 Å². The highest BCUT2D eigenvalue weighted by molar-refractivity contribution is 5.99. The van der Waals surface area contributed by atoms with E-state index in [1.165, 1.54) is 7.11 Å². The van der Waals surface area contributed by atoms with Crippen LogP contribution in [0, 0.1) is 6.92 Å². The van der Waals surface area contributed by atoms with E-state index in [2.05, 4.69) is 9.72 Å². The molecule has 0 atom stereocenters. The first-order valence-electron chi connectivity index (χ1n) is 7.88. The van der Waals surface area contributed by atoms with Gasteiger partial charge >= 0.3 is 5.97 Å². The fourth-order valence-corrected chi connectivity index (χ4v) is 2.83. The first kappa shape index (κ1) is 16.7.